The van der Waals surface area contributed by atoms with E-state index in [-0.39, 0.29) is 24.9 Å². The van der Waals surface area contributed by atoms with Gasteiger partial charge in [0, 0.05) is 6.42 Å². The van der Waals surface area contributed by atoms with Crippen molar-refractivity contribution in [2.75, 3.05) is 6.61 Å². The molecule has 0 aliphatic carbocycles. The van der Waals surface area contributed by atoms with Crippen LogP contribution in [-0.4, -0.2) is 46.9 Å². The lowest BCUT2D eigenvalue weighted by Gasteiger charge is -2.23. The van der Waals surface area contributed by atoms with Crippen molar-refractivity contribution in [3.8, 4) is 0 Å². The van der Waals surface area contributed by atoms with E-state index in [4.69, 9.17) is 4.74 Å². The number of ether oxygens (including phenoxy) is 1. The van der Waals surface area contributed by atoms with Gasteiger partial charge in [0.15, 0.2) is 0 Å². The molecule has 0 aromatic rings. The Labute approximate surface area is 376 Å². The maximum atomic E-state index is 13.2. The van der Waals surface area contributed by atoms with Crippen molar-refractivity contribution >= 4 is 11.9 Å². The Morgan fingerprint density at radius 2 is 0.918 bits per heavy atom. The number of hydrogen-bond acceptors (Lipinski definition) is 5. The van der Waals surface area contributed by atoms with Gasteiger partial charge in [0.2, 0.25) is 5.91 Å². The summed E-state index contributed by atoms with van der Waals surface area (Å²) in [7, 11) is 0. The van der Waals surface area contributed by atoms with E-state index in [0.29, 0.717) is 19.3 Å². The zero-order valence-electron chi connectivity index (χ0n) is 39.8. The van der Waals surface area contributed by atoms with Crippen molar-refractivity contribution in [1.29, 1.82) is 0 Å². The van der Waals surface area contributed by atoms with Gasteiger partial charge in [0.1, 0.15) is 6.10 Å². The van der Waals surface area contributed by atoms with E-state index in [2.05, 4.69) is 99.0 Å². The highest BCUT2D eigenvalue weighted by Gasteiger charge is 2.23. The molecule has 0 aliphatic rings. The summed E-state index contributed by atoms with van der Waals surface area (Å²) < 4.78 is 5.81. The first kappa shape index (κ1) is 58.0. The number of rotatable bonds is 44. The summed E-state index contributed by atoms with van der Waals surface area (Å²) >= 11 is 0. The van der Waals surface area contributed by atoms with Gasteiger partial charge in [0.25, 0.3) is 0 Å². The van der Waals surface area contributed by atoms with E-state index in [1.54, 1.807) is 6.08 Å². The van der Waals surface area contributed by atoms with Crippen LogP contribution in [-0.2, 0) is 14.3 Å². The van der Waals surface area contributed by atoms with Crippen molar-refractivity contribution < 1.29 is 24.5 Å². The van der Waals surface area contributed by atoms with Crippen molar-refractivity contribution in [1.82, 2.24) is 5.32 Å². The number of amides is 1. The van der Waals surface area contributed by atoms with Crippen LogP contribution < -0.4 is 5.32 Å². The molecule has 0 fully saturated rings. The maximum Gasteiger partial charge on any atom is 0.306 e. The third-order valence-electron chi connectivity index (χ3n) is 11.0. The second-order valence-corrected chi connectivity index (χ2v) is 16.8. The van der Waals surface area contributed by atoms with Gasteiger partial charge >= 0.3 is 5.97 Å². The zero-order valence-corrected chi connectivity index (χ0v) is 39.8. The third-order valence-corrected chi connectivity index (χ3v) is 11.0. The molecule has 0 radical (unpaired) electrons. The second-order valence-electron chi connectivity index (χ2n) is 16.8. The Bertz CT molecular complexity index is 1180. The number of allylic oxidation sites excluding steroid dienone is 13. The van der Waals surface area contributed by atoms with Crippen molar-refractivity contribution in [2.45, 2.75) is 244 Å². The van der Waals surface area contributed by atoms with E-state index >= 15 is 0 Å². The number of aliphatic hydroxyl groups excluding tert-OH is 2. The molecule has 61 heavy (non-hydrogen) atoms. The van der Waals surface area contributed by atoms with Gasteiger partial charge < -0.3 is 20.3 Å². The summed E-state index contributed by atoms with van der Waals surface area (Å²) in [6.45, 7) is 6.31. The molecule has 6 nitrogen and oxygen atoms in total. The normalized spacial score (nSPS) is 14.0. The lowest BCUT2D eigenvalue weighted by Crippen LogP contribution is -2.46. The lowest BCUT2D eigenvalue weighted by atomic mass is 10.0. The fourth-order valence-corrected chi connectivity index (χ4v) is 7.13. The summed E-state index contributed by atoms with van der Waals surface area (Å²) in [6, 6.07) is -0.748. The van der Waals surface area contributed by atoms with Crippen LogP contribution in [0.25, 0.3) is 0 Å². The van der Waals surface area contributed by atoms with E-state index in [1.807, 2.05) is 6.08 Å². The third kappa shape index (κ3) is 43.5. The summed E-state index contributed by atoms with van der Waals surface area (Å²) in [5.74, 6) is -0.653. The topological polar surface area (TPSA) is 95.9 Å². The van der Waals surface area contributed by atoms with Gasteiger partial charge in [-0.05, 0) is 83.1 Å². The Hall–Kier alpha value is -2.96. The SMILES string of the molecule is CC/C=C\C/C=C\C/C=C\C/C=C\C/C=C\C/C=C\C(CC(=O)NC(CO)C(O)CCCCCCCCCCCCC)OC(=O)CCCCC/C=C\CCCCCCCCC. The summed E-state index contributed by atoms with van der Waals surface area (Å²) in [5, 5.41) is 23.6. The Morgan fingerprint density at radius 3 is 1.38 bits per heavy atom. The van der Waals surface area contributed by atoms with Crippen molar-refractivity contribution in [3.63, 3.8) is 0 Å². The Balaban J connectivity index is 4.82. The standard InChI is InChI=1S/C55H95NO5/c1-4-7-10-13-16-19-22-24-26-27-28-29-32-34-37-40-43-46-51(61-55(60)48-45-42-39-36-33-30-25-23-20-17-14-11-8-5-2)49-54(59)56-52(50-57)53(58)47-44-41-38-35-31-21-18-15-12-9-6-3/h7,10,16,19,24,26,28-30,33-34,37,43,46,51-53,57-58H,4-6,8-9,11-15,17-18,20-23,25,27,31-32,35-36,38-42,44-45,47-50H2,1-3H3,(H,56,59)/b10-7-,19-16-,26-24-,29-28-,33-30-,37-34-,46-43-. The minimum atomic E-state index is -0.824. The van der Waals surface area contributed by atoms with Gasteiger partial charge in [0.05, 0.1) is 25.2 Å². The number of carbonyl (C=O) groups is 2. The number of aliphatic hydroxyl groups is 2. The molecule has 0 bridgehead atoms. The molecule has 0 aromatic carbocycles. The lowest BCUT2D eigenvalue weighted by molar-refractivity contribution is -0.148. The highest BCUT2D eigenvalue weighted by molar-refractivity contribution is 5.78. The highest BCUT2D eigenvalue weighted by Crippen LogP contribution is 2.15. The van der Waals surface area contributed by atoms with Crippen molar-refractivity contribution in [3.05, 3.63) is 85.1 Å². The number of esters is 1. The quantitative estimate of drug-likeness (QED) is 0.0322. The van der Waals surface area contributed by atoms with E-state index < -0.39 is 18.2 Å². The van der Waals surface area contributed by atoms with Crippen LogP contribution in [0.1, 0.15) is 226 Å². The largest absolute Gasteiger partial charge is 0.458 e. The van der Waals surface area contributed by atoms with Gasteiger partial charge in [-0.25, -0.2) is 0 Å². The molecule has 0 aromatic heterocycles. The first-order chi connectivity index (χ1) is 30.0. The molecule has 3 N–H and O–H groups in total. The first-order valence-electron chi connectivity index (χ1n) is 25.3. The fraction of sp³-hybridized carbons (Fsp3) is 0.709. The van der Waals surface area contributed by atoms with E-state index in [1.165, 1.54) is 96.3 Å². The number of hydrogen-bond donors (Lipinski definition) is 3. The highest BCUT2D eigenvalue weighted by atomic mass is 16.5. The molecular weight excluding hydrogens is 755 g/mol. The average Bonchev–Trinajstić information content (AvgIpc) is 3.25. The predicted octanol–water partition coefficient (Wildman–Crippen LogP) is 15.2. The molecule has 350 valence electrons. The molecule has 1 amide bonds. The van der Waals surface area contributed by atoms with Crippen molar-refractivity contribution in [2.24, 2.45) is 0 Å². The molecule has 0 aliphatic heterocycles. The number of unbranched alkanes of at least 4 members (excludes halogenated alkanes) is 20. The Morgan fingerprint density at radius 1 is 0.508 bits per heavy atom. The molecule has 3 atom stereocenters. The summed E-state index contributed by atoms with van der Waals surface area (Å²) in [4.78, 5) is 26.0. The molecule has 6 heteroatoms. The van der Waals surface area contributed by atoms with Crippen LogP contribution >= 0.6 is 0 Å². The zero-order chi connectivity index (χ0) is 44.5. The molecule has 0 rings (SSSR count). The molecule has 0 spiro atoms. The molecule has 0 saturated heterocycles. The van der Waals surface area contributed by atoms with E-state index in [0.717, 1.165) is 83.5 Å². The van der Waals surface area contributed by atoms with Gasteiger partial charge in [-0.3, -0.25) is 9.59 Å². The smallest absolute Gasteiger partial charge is 0.306 e. The monoisotopic (exact) mass is 850 g/mol. The number of nitrogens with one attached hydrogen (secondary N) is 1. The first-order valence-corrected chi connectivity index (χ1v) is 25.3. The van der Waals surface area contributed by atoms with Crippen LogP contribution in [0.4, 0.5) is 0 Å². The second kappa shape index (κ2) is 48.1. The van der Waals surface area contributed by atoms with Gasteiger partial charge in [-0.1, -0.05) is 215 Å². The number of carbonyl (C=O) groups excluding carboxylic acids is 2. The van der Waals surface area contributed by atoms with Crippen LogP contribution in [0.15, 0.2) is 85.1 Å². The molecule has 0 saturated carbocycles. The van der Waals surface area contributed by atoms with Crippen LogP contribution in [0.2, 0.25) is 0 Å². The average molecular weight is 850 g/mol. The van der Waals surface area contributed by atoms with Crippen LogP contribution in [0.3, 0.4) is 0 Å². The minimum absolute atomic E-state index is 0.0564. The van der Waals surface area contributed by atoms with E-state index in [9.17, 15) is 19.8 Å². The van der Waals surface area contributed by atoms with Crippen LogP contribution in [0.5, 0.6) is 0 Å². The molecular formula is C55H95NO5. The summed E-state index contributed by atoms with van der Waals surface area (Å²) in [5.41, 5.74) is 0. The van der Waals surface area contributed by atoms with Gasteiger partial charge in [-0.2, -0.15) is 0 Å². The Kier molecular flexibility index (Phi) is 45.7. The summed E-state index contributed by atoms with van der Waals surface area (Å²) in [6.07, 6.45) is 62.4. The molecule has 3 unspecified atom stereocenters. The minimum Gasteiger partial charge on any atom is -0.458 e. The maximum absolute atomic E-state index is 13.2. The predicted molar refractivity (Wildman–Crippen MR) is 264 cm³/mol. The fourth-order valence-electron chi connectivity index (χ4n) is 7.13. The molecule has 0 heterocycles. The van der Waals surface area contributed by atoms with Gasteiger partial charge in [-0.15, -0.1) is 0 Å². The van der Waals surface area contributed by atoms with Crippen LogP contribution in [0, 0.1) is 0 Å².